The number of nitrogens with zero attached hydrogens (tertiary/aromatic N) is 1. The molecule has 0 unspecified atom stereocenters. The minimum Gasteiger partial charge on any atom is -0.322 e. The predicted molar refractivity (Wildman–Crippen MR) is 102 cm³/mol. The second kappa shape index (κ2) is 8.46. The number of amides is 1. The smallest absolute Gasteiger partial charge is 0.247 e. The van der Waals surface area contributed by atoms with Crippen LogP contribution in [-0.2, 0) is 4.79 Å². The number of halogens is 1. The van der Waals surface area contributed by atoms with Gasteiger partial charge in [0.25, 0.3) is 0 Å². The van der Waals surface area contributed by atoms with Gasteiger partial charge in [0, 0.05) is 39.3 Å². The second-order valence-electron chi connectivity index (χ2n) is 5.44. The van der Waals surface area contributed by atoms with Crippen molar-refractivity contribution in [3.8, 4) is 11.1 Å². The van der Waals surface area contributed by atoms with Crippen LogP contribution in [-0.4, -0.2) is 10.9 Å². The van der Waals surface area contributed by atoms with E-state index in [-0.39, 0.29) is 5.91 Å². The van der Waals surface area contributed by atoms with Crippen LogP contribution in [0.4, 0.5) is 5.69 Å². The summed E-state index contributed by atoms with van der Waals surface area (Å²) in [4.78, 5) is 16.1. The fourth-order valence-corrected chi connectivity index (χ4v) is 2.63. The van der Waals surface area contributed by atoms with Gasteiger partial charge in [-0.15, -0.1) is 0 Å². The third kappa shape index (κ3) is 4.33. The van der Waals surface area contributed by atoms with Gasteiger partial charge in [-0.25, -0.2) is 0 Å². The SMILES string of the molecule is C=CC(=O)Nc1ccccc1-c1cnc(C)c(/C(Cl)=C\CCC)c1. The van der Waals surface area contributed by atoms with Crippen LogP contribution >= 0.6 is 11.6 Å². The van der Waals surface area contributed by atoms with Crippen molar-refractivity contribution in [2.24, 2.45) is 0 Å². The highest BCUT2D eigenvalue weighted by atomic mass is 35.5. The molecule has 0 aliphatic heterocycles. The molecule has 0 aliphatic rings. The number of benzene rings is 1. The van der Waals surface area contributed by atoms with Gasteiger partial charge in [-0.1, -0.05) is 55.8 Å². The molecule has 0 aliphatic carbocycles. The number of carbonyl (C=O) groups excluding carboxylic acids is 1. The molecule has 1 N–H and O–H groups in total. The number of hydrogen-bond acceptors (Lipinski definition) is 2. The summed E-state index contributed by atoms with van der Waals surface area (Å²) in [5.74, 6) is -0.247. The van der Waals surface area contributed by atoms with E-state index < -0.39 is 0 Å². The van der Waals surface area contributed by atoms with Crippen molar-refractivity contribution in [2.45, 2.75) is 26.7 Å². The Morgan fingerprint density at radius 2 is 2.12 bits per heavy atom. The number of allylic oxidation sites excluding steroid dienone is 1. The quantitative estimate of drug-likeness (QED) is 0.699. The summed E-state index contributed by atoms with van der Waals surface area (Å²) < 4.78 is 0. The van der Waals surface area contributed by atoms with E-state index in [1.54, 1.807) is 6.20 Å². The summed E-state index contributed by atoms with van der Waals surface area (Å²) >= 11 is 6.43. The first-order valence-electron chi connectivity index (χ1n) is 7.92. The number of aromatic nitrogens is 1. The van der Waals surface area contributed by atoms with Crippen LogP contribution in [0.1, 0.15) is 31.0 Å². The first kappa shape index (κ1) is 18.0. The number of para-hydroxylation sites is 1. The zero-order valence-electron chi connectivity index (χ0n) is 14.0. The van der Waals surface area contributed by atoms with Gasteiger partial charge in [-0.05, 0) is 31.6 Å². The minimum absolute atomic E-state index is 0.247. The maximum atomic E-state index is 11.6. The van der Waals surface area contributed by atoms with Gasteiger partial charge >= 0.3 is 0 Å². The third-order valence-corrected chi connectivity index (χ3v) is 4.00. The number of rotatable bonds is 6. The average molecular weight is 341 g/mol. The van der Waals surface area contributed by atoms with Crippen molar-refractivity contribution in [1.29, 1.82) is 0 Å². The molecule has 4 heteroatoms. The van der Waals surface area contributed by atoms with E-state index in [0.29, 0.717) is 10.7 Å². The summed E-state index contributed by atoms with van der Waals surface area (Å²) in [7, 11) is 0. The van der Waals surface area contributed by atoms with Gasteiger partial charge in [0.1, 0.15) is 0 Å². The van der Waals surface area contributed by atoms with Crippen molar-refractivity contribution in [1.82, 2.24) is 4.98 Å². The van der Waals surface area contributed by atoms with Crippen molar-refractivity contribution in [3.63, 3.8) is 0 Å². The van der Waals surface area contributed by atoms with E-state index >= 15 is 0 Å². The largest absolute Gasteiger partial charge is 0.322 e. The fraction of sp³-hybridized carbons (Fsp3) is 0.200. The summed E-state index contributed by atoms with van der Waals surface area (Å²) in [5, 5.41) is 3.53. The van der Waals surface area contributed by atoms with E-state index in [0.717, 1.165) is 35.2 Å². The maximum absolute atomic E-state index is 11.6. The standard InChI is InChI=1S/C20H21ClN2O/c1-4-6-10-18(21)17-12-15(13-22-14(17)3)16-9-7-8-11-19(16)23-20(24)5-2/h5,7-13H,2,4,6H2,1,3H3,(H,23,24)/b18-10+. The molecule has 0 radical (unpaired) electrons. The normalized spacial score (nSPS) is 11.2. The number of anilines is 1. The van der Waals surface area contributed by atoms with Gasteiger partial charge in [-0.3, -0.25) is 9.78 Å². The predicted octanol–water partition coefficient (Wildman–Crippen LogP) is 5.56. The number of aryl methyl sites for hydroxylation is 1. The van der Waals surface area contributed by atoms with Crippen molar-refractivity contribution in [2.75, 3.05) is 5.32 Å². The van der Waals surface area contributed by atoms with Crippen LogP contribution in [0.25, 0.3) is 16.2 Å². The molecule has 0 bridgehead atoms. The van der Waals surface area contributed by atoms with Gasteiger partial charge in [0.05, 0.1) is 0 Å². The lowest BCUT2D eigenvalue weighted by Gasteiger charge is -2.12. The summed E-state index contributed by atoms with van der Waals surface area (Å²) in [6.45, 7) is 7.54. The number of carbonyl (C=O) groups is 1. The molecule has 2 rings (SSSR count). The molecule has 3 nitrogen and oxygen atoms in total. The lowest BCUT2D eigenvalue weighted by atomic mass is 10.0. The zero-order chi connectivity index (χ0) is 17.5. The lowest BCUT2D eigenvalue weighted by Crippen LogP contribution is -2.08. The molecule has 1 aromatic carbocycles. The molecule has 124 valence electrons. The molecule has 0 spiro atoms. The van der Waals surface area contributed by atoms with Crippen LogP contribution in [0.5, 0.6) is 0 Å². The Bertz CT molecular complexity index is 781. The number of nitrogens with one attached hydrogen (secondary N) is 1. The Labute approximate surface area is 148 Å². The van der Waals surface area contributed by atoms with Gasteiger partial charge in [-0.2, -0.15) is 0 Å². The van der Waals surface area contributed by atoms with Gasteiger partial charge < -0.3 is 5.32 Å². The molecular weight excluding hydrogens is 320 g/mol. The third-order valence-electron chi connectivity index (χ3n) is 3.64. The molecule has 24 heavy (non-hydrogen) atoms. The molecule has 2 aromatic rings. The zero-order valence-corrected chi connectivity index (χ0v) is 14.7. The first-order chi connectivity index (χ1) is 11.6. The highest BCUT2D eigenvalue weighted by Crippen LogP contribution is 2.31. The molecule has 1 amide bonds. The van der Waals surface area contributed by atoms with E-state index in [1.165, 1.54) is 6.08 Å². The number of hydrogen-bond donors (Lipinski definition) is 1. The minimum atomic E-state index is -0.247. The molecule has 1 heterocycles. The van der Waals surface area contributed by atoms with E-state index in [9.17, 15) is 4.79 Å². The maximum Gasteiger partial charge on any atom is 0.247 e. The molecule has 1 aromatic heterocycles. The summed E-state index contributed by atoms with van der Waals surface area (Å²) in [5.41, 5.74) is 4.30. The van der Waals surface area contributed by atoms with Crippen molar-refractivity contribution < 1.29 is 4.79 Å². The van der Waals surface area contributed by atoms with Gasteiger partial charge in [0.15, 0.2) is 0 Å². The van der Waals surface area contributed by atoms with E-state index in [2.05, 4.69) is 23.8 Å². The van der Waals surface area contributed by atoms with Crippen molar-refractivity contribution >= 4 is 28.2 Å². The van der Waals surface area contributed by atoms with Crippen LogP contribution in [0.2, 0.25) is 0 Å². The van der Waals surface area contributed by atoms with Crippen LogP contribution in [0, 0.1) is 6.92 Å². The number of pyridine rings is 1. The Balaban J connectivity index is 2.47. The molecular formula is C20H21ClN2O. The lowest BCUT2D eigenvalue weighted by molar-refractivity contribution is -0.111. The number of unbranched alkanes of at least 4 members (excludes halogenated alkanes) is 1. The summed E-state index contributed by atoms with van der Waals surface area (Å²) in [6, 6.07) is 9.60. The average Bonchev–Trinajstić information content (AvgIpc) is 2.60. The topological polar surface area (TPSA) is 42.0 Å². The van der Waals surface area contributed by atoms with Gasteiger partial charge in [0.2, 0.25) is 5.91 Å². The highest BCUT2D eigenvalue weighted by molar-refractivity contribution is 6.48. The Kier molecular flexibility index (Phi) is 6.33. The van der Waals surface area contributed by atoms with E-state index in [1.807, 2.05) is 43.3 Å². The van der Waals surface area contributed by atoms with Crippen LogP contribution in [0.3, 0.4) is 0 Å². The molecule has 0 saturated carbocycles. The molecule has 0 fully saturated rings. The Hall–Kier alpha value is -2.39. The first-order valence-corrected chi connectivity index (χ1v) is 8.30. The summed E-state index contributed by atoms with van der Waals surface area (Å²) in [6.07, 6.45) is 7.02. The van der Waals surface area contributed by atoms with Crippen LogP contribution in [0.15, 0.2) is 55.3 Å². The van der Waals surface area contributed by atoms with Crippen molar-refractivity contribution in [3.05, 3.63) is 66.5 Å². The molecule has 0 atom stereocenters. The van der Waals surface area contributed by atoms with E-state index in [4.69, 9.17) is 11.6 Å². The Morgan fingerprint density at radius 1 is 1.38 bits per heavy atom. The fourth-order valence-electron chi connectivity index (χ4n) is 2.33. The second-order valence-corrected chi connectivity index (χ2v) is 5.84. The molecule has 0 saturated heterocycles. The Morgan fingerprint density at radius 3 is 2.83 bits per heavy atom. The monoisotopic (exact) mass is 340 g/mol. The highest BCUT2D eigenvalue weighted by Gasteiger charge is 2.10. The van der Waals surface area contributed by atoms with Crippen LogP contribution < -0.4 is 5.32 Å².